The minimum atomic E-state index is -0.133. The van der Waals surface area contributed by atoms with E-state index in [1.54, 1.807) is 12.1 Å². The minimum Gasteiger partial charge on any atom is -0.207 e. The minimum absolute atomic E-state index is 0.133. The van der Waals surface area contributed by atoms with Gasteiger partial charge in [-0.1, -0.05) is 54.8 Å². The van der Waals surface area contributed by atoms with Gasteiger partial charge >= 0.3 is 0 Å². The summed E-state index contributed by atoms with van der Waals surface area (Å²) in [5.41, 5.74) is 1.11. The molecule has 0 nitrogen and oxygen atoms in total. The topological polar surface area (TPSA) is 0 Å². The smallest absolute Gasteiger partial charge is 0.123 e. The molecule has 0 saturated carbocycles. The van der Waals surface area contributed by atoms with Gasteiger partial charge in [0.05, 0.1) is 0 Å². The fraction of sp³-hybridized carbons (Fsp3) is 0.571. The van der Waals surface area contributed by atoms with Crippen molar-refractivity contribution in [3.63, 3.8) is 0 Å². The third kappa shape index (κ3) is 4.25. The predicted octanol–water partition coefficient (Wildman–Crippen LogP) is 5.13. The number of benzene rings is 1. The Kier molecular flexibility index (Phi) is 6.04. The lowest BCUT2D eigenvalue weighted by Gasteiger charge is -2.19. The third-order valence-electron chi connectivity index (χ3n) is 2.97. The van der Waals surface area contributed by atoms with Gasteiger partial charge in [0, 0.05) is 5.33 Å². The molecule has 0 saturated heterocycles. The predicted molar refractivity (Wildman–Crippen MR) is 71.6 cm³/mol. The zero-order valence-electron chi connectivity index (χ0n) is 10.0. The van der Waals surface area contributed by atoms with Crippen LogP contribution < -0.4 is 0 Å². The molecule has 1 aromatic carbocycles. The molecule has 0 aliphatic rings. The number of hydrogen-bond donors (Lipinski definition) is 0. The molecule has 0 aromatic heterocycles. The first-order valence-corrected chi connectivity index (χ1v) is 7.11. The molecule has 2 heteroatoms. The molecule has 0 spiro atoms. The van der Waals surface area contributed by atoms with Crippen LogP contribution in [0.5, 0.6) is 0 Å². The van der Waals surface area contributed by atoms with Crippen LogP contribution in [0.25, 0.3) is 0 Å². The summed E-state index contributed by atoms with van der Waals surface area (Å²) in [4.78, 5) is 0. The SMILES string of the molecule is CCCC(C)CC(CBr)c1cccc(F)c1. The van der Waals surface area contributed by atoms with E-state index < -0.39 is 0 Å². The van der Waals surface area contributed by atoms with Gasteiger partial charge in [0.2, 0.25) is 0 Å². The van der Waals surface area contributed by atoms with Crippen LogP contribution in [0, 0.1) is 11.7 Å². The van der Waals surface area contributed by atoms with E-state index in [1.807, 2.05) is 6.07 Å². The molecular weight excluding hydrogens is 267 g/mol. The maximum absolute atomic E-state index is 13.1. The highest BCUT2D eigenvalue weighted by Crippen LogP contribution is 2.28. The highest BCUT2D eigenvalue weighted by molar-refractivity contribution is 9.09. The van der Waals surface area contributed by atoms with E-state index in [0.717, 1.165) is 17.3 Å². The van der Waals surface area contributed by atoms with E-state index in [2.05, 4.69) is 29.8 Å². The second kappa shape index (κ2) is 7.05. The summed E-state index contributed by atoms with van der Waals surface area (Å²) in [6, 6.07) is 6.98. The molecule has 0 heterocycles. The molecule has 2 atom stereocenters. The Morgan fingerprint density at radius 2 is 2.12 bits per heavy atom. The molecule has 0 aliphatic heterocycles. The summed E-state index contributed by atoms with van der Waals surface area (Å²) in [6.45, 7) is 4.49. The second-order valence-corrected chi connectivity index (χ2v) is 5.18. The maximum Gasteiger partial charge on any atom is 0.123 e. The van der Waals surface area contributed by atoms with Crippen LogP contribution in [0.15, 0.2) is 24.3 Å². The van der Waals surface area contributed by atoms with E-state index in [-0.39, 0.29) is 5.82 Å². The summed E-state index contributed by atoms with van der Waals surface area (Å²) in [5.74, 6) is 1.000. The van der Waals surface area contributed by atoms with Crippen molar-refractivity contribution >= 4 is 15.9 Å². The summed E-state index contributed by atoms with van der Waals surface area (Å²) >= 11 is 3.53. The van der Waals surface area contributed by atoms with Crippen LogP contribution in [0.1, 0.15) is 44.6 Å². The monoisotopic (exact) mass is 286 g/mol. The summed E-state index contributed by atoms with van der Waals surface area (Å²) in [6.07, 6.45) is 3.60. The lowest BCUT2D eigenvalue weighted by atomic mass is 9.89. The molecule has 2 unspecified atom stereocenters. The Bertz CT molecular complexity index is 311. The van der Waals surface area contributed by atoms with Gasteiger partial charge in [-0.25, -0.2) is 4.39 Å². The molecule has 0 radical (unpaired) electrons. The zero-order chi connectivity index (χ0) is 12.0. The largest absolute Gasteiger partial charge is 0.207 e. The van der Waals surface area contributed by atoms with Crippen LogP contribution in [0.2, 0.25) is 0 Å². The van der Waals surface area contributed by atoms with Gasteiger partial charge < -0.3 is 0 Å². The second-order valence-electron chi connectivity index (χ2n) is 4.54. The summed E-state index contributed by atoms with van der Waals surface area (Å²) in [7, 11) is 0. The first-order valence-electron chi connectivity index (χ1n) is 5.98. The van der Waals surface area contributed by atoms with Crippen LogP contribution in [0.4, 0.5) is 4.39 Å². The third-order valence-corrected chi connectivity index (χ3v) is 3.76. The number of halogens is 2. The summed E-state index contributed by atoms with van der Waals surface area (Å²) < 4.78 is 13.1. The normalized spacial score (nSPS) is 14.8. The van der Waals surface area contributed by atoms with E-state index in [4.69, 9.17) is 0 Å². The highest BCUT2D eigenvalue weighted by atomic mass is 79.9. The number of hydrogen-bond acceptors (Lipinski definition) is 0. The summed E-state index contributed by atoms with van der Waals surface area (Å²) in [5, 5.41) is 0.907. The van der Waals surface area contributed by atoms with Crippen LogP contribution in [-0.2, 0) is 0 Å². The van der Waals surface area contributed by atoms with E-state index in [0.29, 0.717) is 11.8 Å². The molecular formula is C14H20BrF. The van der Waals surface area contributed by atoms with Crippen molar-refractivity contribution in [3.05, 3.63) is 35.6 Å². The van der Waals surface area contributed by atoms with Crippen LogP contribution in [0.3, 0.4) is 0 Å². The Morgan fingerprint density at radius 1 is 1.38 bits per heavy atom. The standard InChI is InChI=1S/C14H20BrF/c1-3-5-11(2)8-13(10-15)12-6-4-7-14(16)9-12/h4,6-7,9,11,13H,3,5,8,10H2,1-2H3. The van der Waals surface area contributed by atoms with Crippen molar-refractivity contribution in [2.45, 2.75) is 39.0 Å². The van der Waals surface area contributed by atoms with Gasteiger partial charge in [-0.2, -0.15) is 0 Å². The van der Waals surface area contributed by atoms with Crippen molar-refractivity contribution in [2.75, 3.05) is 5.33 Å². The van der Waals surface area contributed by atoms with E-state index in [9.17, 15) is 4.39 Å². The molecule has 1 rings (SSSR count). The van der Waals surface area contributed by atoms with Crippen molar-refractivity contribution in [2.24, 2.45) is 5.92 Å². The molecule has 0 N–H and O–H groups in total. The Balaban J connectivity index is 2.67. The maximum atomic E-state index is 13.1. The highest BCUT2D eigenvalue weighted by Gasteiger charge is 2.14. The number of rotatable bonds is 6. The first kappa shape index (κ1) is 13.7. The van der Waals surface area contributed by atoms with Crippen molar-refractivity contribution in [1.29, 1.82) is 0 Å². The molecule has 90 valence electrons. The fourth-order valence-electron chi connectivity index (χ4n) is 2.15. The lowest BCUT2D eigenvalue weighted by molar-refractivity contribution is 0.451. The van der Waals surface area contributed by atoms with Crippen LogP contribution in [-0.4, -0.2) is 5.33 Å². The Morgan fingerprint density at radius 3 is 2.69 bits per heavy atom. The molecule has 16 heavy (non-hydrogen) atoms. The molecule has 0 amide bonds. The average molecular weight is 287 g/mol. The first-order chi connectivity index (χ1) is 7.67. The van der Waals surface area contributed by atoms with Gasteiger partial charge in [0.25, 0.3) is 0 Å². The van der Waals surface area contributed by atoms with Gasteiger partial charge in [0.15, 0.2) is 0 Å². The average Bonchev–Trinajstić information content (AvgIpc) is 2.26. The molecule has 0 fully saturated rings. The van der Waals surface area contributed by atoms with Crippen molar-refractivity contribution < 1.29 is 4.39 Å². The van der Waals surface area contributed by atoms with Crippen LogP contribution >= 0.6 is 15.9 Å². The number of alkyl halides is 1. The van der Waals surface area contributed by atoms with E-state index in [1.165, 1.54) is 18.9 Å². The lowest BCUT2D eigenvalue weighted by Crippen LogP contribution is -2.06. The van der Waals surface area contributed by atoms with Gasteiger partial charge in [-0.05, 0) is 36.0 Å². The Hall–Kier alpha value is -0.370. The van der Waals surface area contributed by atoms with Crippen molar-refractivity contribution in [1.82, 2.24) is 0 Å². The van der Waals surface area contributed by atoms with Crippen molar-refractivity contribution in [3.8, 4) is 0 Å². The quantitative estimate of drug-likeness (QED) is 0.636. The van der Waals surface area contributed by atoms with Gasteiger partial charge in [0.1, 0.15) is 5.82 Å². The fourth-order valence-corrected chi connectivity index (χ4v) is 2.78. The van der Waals surface area contributed by atoms with Gasteiger partial charge in [-0.3, -0.25) is 0 Å². The zero-order valence-corrected chi connectivity index (χ0v) is 11.6. The Labute approximate surface area is 106 Å². The van der Waals surface area contributed by atoms with E-state index >= 15 is 0 Å². The molecule has 1 aromatic rings. The van der Waals surface area contributed by atoms with Gasteiger partial charge in [-0.15, -0.1) is 0 Å². The molecule has 0 bridgehead atoms. The molecule has 0 aliphatic carbocycles.